The molecule has 0 saturated carbocycles. The molecule has 0 spiro atoms. The van der Waals surface area contributed by atoms with Gasteiger partial charge in [-0.25, -0.2) is 14.2 Å². The van der Waals surface area contributed by atoms with Crippen LogP contribution in [0.15, 0.2) is 42.6 Å². The fraction of sp³-hybridized carbons (Fsp3) is 0.429. The molecule has 2 aromatic rings. The summed E-state index contributed by atoms with van der Waals surface area (Å²) in [5, 5.41) is 12.7. The summed E-state index contributed by atoms with van der Waals surface area (Å²) in [5.74, 6) is 0.406. The molecule has 2 N–H and O–H groups in total. The van der Waals surface area contributed by atoms with Gasteiger partial charge in [0.05, 0.1) is 50.5 Å². The maximum atomic E-state index is 12.9. The lowest BCUT2D eigenvalue weighted by Gasteiger charge is -2.21. The highest BCUT2D eigenvalue weighted by molar-refractivity contribution is 5.88. The molecule has 9 heteroatoms. The average molecular weight is 421 g/mol. The van der Waals surface area contributed by atoms with Crippen molar-refractivity contribution in [1.82, 2.24) is 9.88 Å². The van der Waals surface area contributed by atoms with E-state index in [4.69, 9.17) is 14.2 Å². The summed E-state index contributed by atoms with van der Waals surface area (Å²) in [6.45, 7) is 4.91. The van der Waals surface area contributed by atoms with Crippen molar-refractivity contribution in [2.45, 2.75) is 26.1 Å². The van der Waals surface area contributed by atoms with Gasteiger partial charge in [-0.2, -0.15) is 0 Å². The lowest BCUT2D eigenvalue weighted by molar-refractivity contribution is -0.0144. The highest BCUT2D eigenvalue weighted by Gasteiger charge is 2.14. The molecule has 0 bridgehead atoms. The molecule has 0 aliphatic rings. The second kappa shape index (κ2) is 12.1. The summed E-state index contributed by atoms with van der Waals surface area (Å²) >= 11 is 0. The van der Waals surface area contributed by atoms with E-state index in [1.807, 2.05) is 13.8 Å². The molecule has 1 aromatic heterocycles. The number of aromatic nitrogens is 1. The number of nitrogens with one attached hydrogen (secondary N) is 1. The van der Waals surface area contributed by atoms with Crippen LogP contribution in [-0.4, -0.2) is 66.6 Å². The minimum absolute atomic E-state index is 0.107. The number of likely N-dealkylation sites (N-methyl/N-ethyl adjacent to an activating group) is 1. The highest BCUT2D eigenvalue weighted by atomic mass is 19.1. The number of halogens is 1. The van der Waals surface area contributed by atoms with Gasteiger partial charge in [0.2, 0.25) is 5.88 Å². The molecule has 0 aliphatic carbocycles. The zero-order chi connectivity index (χ0) is 21.9. The van der Waals surface area contributed by atoms with Crippen LogP contribution < -0.4 is 10.1 Å². The Morgan fingerprint density at radius 1 is 1.20 bits per heavy atom. The van der Waals surface area contributed by atoms with Crippen molar-refractivity contribution in [2.24, 2.45) is 0 Å². The number of ether oxygens (including phenoxy) is 3. The van der Waals surface area contributed by atoms with E-state index in [2.05, 4.69) is 10.3 Å². The van der Waals surface area contributed by atoms with Crippen molar-refractivity contribution in [3.8, 4) is 11.6 Å². The van der Waals surface area contributed by atoms with Gasteiger partial charge in [0, 0.05) is 13.1 Å². The molecule has 30 heavy (non-hydrogen) atoms. The lowest BCUT2D eigenvalue weighted by Crippen LogP contribution is -2.39. The number of hydrogen-bond donors (Lipinski definition) is 2. The molecular weight excluding hydrogens is 393 g/mol. The van der Waals surface area contributed by atoms with Crippen molar-refractivity contribution < 1.29 is 28.5 Å². The van der Waals surface area contributed by atoms with Gasteiger partial charge in [0.15, 0.2) is 0 Å². The van der Waals surface area contributed by atoms with Crippen LogP contribution in [0.1, 0.15) is 13.8 Å². The monoisotopic (exact) mass is 421 g/mol. The predicted octanol–water partition coefficient (Wildman–Crippen LogP) is 3.28. The number of benzene rings is 1. The fourth-order valence-electron chi connectivity index (χ4n) is 2.37. The number of anilines is 1. The molecule has 1 unspecified atom stereocenters. The van der Waals surface area contributed by atoms with Crippen LogP contribution in [0.25, 0.3) is 0 Å². The third-order valence-electron chi connectivity index (χ3n) is 3.84. The molecule has 1 heterocycles. The fourth-order valence-corrected chi connectivity index (χ4v) is 2.37. The Balaban J connectivity index is 1.73. The molecule has 164 valence electrons. The largest absolute Gasteiger partial charge is 0.439 e. The van der Waals surface area contributed by atoms with Crippen molar-refractivity contribution in [3.05, 3.63) is 48.4 Å². The topological polar surface area (TPSA) is 93.2 Å². The summed E-state index contributed by atoms with van der Waals surface area (Å²) in [6.07, 6.45) is 0.759. The summed E-state index contributed by atoms with van der Waals surface area (Å²) in [4.78, 5) is 17.7. The SMILES string of the molecule is CC(C)OCCOCC(O)CN(C)C(=O)Nc1ccc(Oc2ccc(F)cc2)nc1. The number of carbonyl (C=O) groups excluding carboxylic acids is 1. The zero-order valence-corrected chi connectivity index (χ0v) is 17.4. The van der Waals surface area contributed by atoms with Gasteiger partial charge in [-0.1, -0.05) is 0 Å². The second-order valence-electron chi connectivity index (χ2n) is 6.90. The summed E-state index contributed by atoms with van der Waals surface area (Å²) in [5.41, 5.74) is 0.467. The molecule has 0 saturated heterocycles. The van der Waals surface area contributed by atoms with E-state index in [0.29, 0.717) is 30.5 Å². The Morgan fingerprint density at radius 2 is 1.93 bits per heavy atom. The van der Waals surface area contributed by atoms with Crippen LogP contribution in [0.4, 0.5) is 14.9 Å². The van der Waals surface area contributed by atoms with Crippen LogP contribution in [0, 0.1) is 5.82 Å². The number of hydrogen-bond acceptors (Lipinski definition) is 6. The molecule has 0 fully saturated rings. The van der Waals surface area contributed by atoms with Crippen LogP contribution in [-0.2, 0) is 9.47 Å². The Bertz CT molecular complexity index is 771. The van der Waals surface area contributed by atoms with E-state index in [9.17, 15) is 14.3 Å². The van der Waals surface area contributed by atoms with E-state index < -0.39 is 12.1 Å². The first-order chi connectivity index (χ1) is 14.3. The van der Waals surface area contributed by atoms with E-state index >= 15 is 0 Å². The van der Waals surface area contributed by atoms with Crippen molar-refractivity contribution in [3.63, 3.8) is 0 Å². The quantitative estimate of drug-likeness (QED) is 0.541. The molecule has 2 amide bonds. The van der Waals surface area contributed by atoms with Crippen molar-refractivity contribution in [2.75, 3.05) is 38.7 Å². The molecule has 2 rings (SSSR count). The first-order valence-corrected chi connectivity index (χ1v) is 9.62. The third kappa shape index (κ3) is 8.73. The van der Waals surface area contributed by atoms with Crippen LogP contribution >= 0.6 is 0 Å². The molecule has 0 aliphatic heterocycles. The highest BCUT2D eigenvalue weighted by Crippen LogP contribution is 2.20. The second-order valence-corrected chi connectivity index (χ2v) is 6.90. The smallest absolute Gasteiger partial charge is 0.321 e. The summed E-state index contributed by atoms with van der Waals surface area (Å²) < 4.78 is 29.1. The minimum Gasteiger partial charge on any atom is -0.439 e. The van der Waals surface area contributed by atoms with Crippen LogP contribution in [0.2, 0.25) is 0 Å². The first-order valence-electron chi connectivity index (χ1n) is 9.62. The number of rotatable bonds is 11. The van der Waals surface area contributed by atoms with E-state index in [1.54, 1.807) is 19.2 Å². The van der Waals surface area contributed by atoms with Crippen molar-refractivity contribution >= 4 is 11.7 Å². The molecule has 1 atom stereocenters. The Kier molecular flexibility index (Phi) is 9.46. The molecular formula is C21H28FN3O5. The number of pyridine rings is 1. The number of nitrogens with zero attached hydrogens (tertiary/aromatic N) is 2. The lowest BCUT2D eigenvalue weighted by atomic mass is 10.3. The van der Waals surface area contributed by atoms with Gasteiger partial charge in [-0.15, -0.1) is 0 Å². The van der Waals surface area contributed by atoms with Crippen molar-refractivity contribution in [1.29, 1.82) is 0 Å². The van der Waals surface area contributed by atoms with E-state index in [1.165, 1.54) is 35.4 Å². The molecule has 8 nitrogen and oxygen atoms in total. The van der Waals surface area contributed by atoms with Gasteiger partial charge in [0.1, 0.15) is 11.6 Å². The molecule has 1 aromatic carbocycles. The number of aliphatic hydroxyl groups is 1. The maximum Gasteiger partial charge on any atom is 0.321 e. The van der Waals surface area contributed by atoms with Gasteiger partial charge in [0.25, 0.3) is 0 Å². The Morgan fingerprint density at radius 3 is 2.57 bits per heavy atom. The van der Waals surface area contributed by atoms with Gasteiger partial charge < -0.3 is 29.5 Å². The number of amides is 2. The van der Waals surface area contributed by atoms with E-state index in [0.717, 1.165) is 0 Å². The Hall–Kier alpha value is -2.75. The van der Waals surface area contributed by atoms with Gasteiger partial charge >= 0.3 is 6.03 Å². The normalized spacial score (nSPS) is 11.9. The predicted molar refractivity (Wildman–Crippen MR) is 110 cm³/mol. The third-order valence-corrected chi connectivity index (χ3v) is 3.84. The van der Waals surface area contributed by atoms with Crippen LogP contribution in [0.5, 0.6) is 11.6 Å². The molecule has 0 radical (unpaired) electrons. The maximum absolute atomic E-state index is 12.9. The minimum atomic E-state index is -0.815. The van der Waals surface area contributed by atoms with E-state index in [-0.39, 0.29) is 25.1 Å². The first kappa shape index (κ1) is 23.5. The van der Waals surface area contributed by atoms with Gasteiger partial charge in [-0.3, -0.25) is 0 Å². The summed E-state index contributed by atoms with van der Waals surface area (Å²) in [7, 11) is 1.57. The summed E-state index contributed by atoms with van der Waals surface area (Å²) in [6, 6.07) is 8.39. The average Bonchev–Trinajstić information content (AvgIpc) is 2.70. The van der Waals surface area contributed by atoms with Gasteiger partial charge in [-0.05, 0) is 44.2 Å². The Labute approximate surface area is 175 Å². The number of aliphatic hydroxyl groups excluding tert-OH is 1. The number of urea groups is 1. The van der Waals surface area contributed by atoms with Crippen LogP contribution in [0.3, 0.4) is 0 Å². The standard InChI is InChI=1S/C21H28FN3O5/c1-15(2)29-11-10-28-14-18(26)13-25(3)21(27)24-17-6-9-20(23-12-17)30-19-7-4-16(22)5-8-19/h4-9,12,15,18,26H,10-11,13-14H2,1-3H3,(H,24,27). The zero-order valence-electron chi connectivity index (χ0n) is 17.4. The number of carbonyl (C=O) groups is 1.